The van der Waals surface area contributed by atoms with Gasteiger partial charge in [0.2, 0.25) is 0 Å². The summed E-state index contributed by atoms with van der Waals surface area (Å²) in [6.07, 6.45) is 7.29. The third-order valence-electron chi connectivity index (χ3n) is 2.74. The fourth-order valence-corrected chi connectivity index (χ4v) is 2.85. The maximum atomic E-state index is 4.45. The molecule has 0 unspecified atom stereocenters. The number of aromatic amines is 1. The topological polar surface area (TPSA) is 59.4 Å². The van der Waals surface area contributed by atoms with Crippen LogP contribution < -0.4 is 0 Å². The SMILES string of the molecule is Cc1nc(C)c(Cn2ccnc2-c2ncc[nH]2)s1. The van der Waals surface area contributed by atoms with Gasteiger partial charge in [-0.25, -0.2) is 15.0 Å². The molecule has 0 aromatic carbocycles. The van der Waals surface area contributed by atoms with Gasteiger partial charge in [-0.1, -0.05) is 0 Å². The number of H-pyrrole nitrogens is 1. The Morgan fingerprint density at radius 3 is 2.83 bits per heavy atom. The van der Waals surface area contributed by atoms with Gasteiger partial charge in [0, 0.05) is 29.7 Å². The number of aryl methyl sites for hydroxylation is 2. The van der Waals surface area contributed by atoms with Gasteiger partial charge in [-0.05, 0) is 13.8 Å². The van der Waals surface area contributed by atoms with Crippen LogP contribution in [0.15, 0.2) is 24.8 Å². The van der Waals surface area contributed by atoms with Gasteiger partial charge in [-0.2, -0.15) is 0 Å². The number of hydrogen-bond acceptors (Lipinski definition) is 4. The van der Waals surface area contributed by atoms with E-state index in [1.165, 1.54) is 4.88 Å². The number of nitrogens with one attached hydrogen (secondary N) is 1. The Balaban J connectivity index is 1.95. The second kappa shape index (κ2) is 4.38. The molecule has 3 aromatic heterocycles. The Bertz CT molecular complexity index is 650. The van der Waals surface area contributed by atoms with Crippen molar-refractivity contribution in [1.29, 1.82) is 0 Å². The van der Waals surface area contributed by atoms with Gasteiger partial charge in [0.1, 0.15) is 0 Å². The Kier molecular flexibility index (Phi) is 2.71. The molecule has 0 aliphatic rings. The minimum atomic E-state index is 0.785. The summed E-state index contributed by atoms with van der Waals surface area (Å²) in [4.78, 5) is 17.4. The van der Waals surface area contributed by atoms with Crippen LogP contribution in [0.25, 0.3) is 11.6 Å². The summed E-state index contributed by atoms with van der Waals surface area (Å²) in [6.45, 7) is 4.86. The maximum Gasteiger partial charge on any atom is 0.176 e. The van der Waals surface area contributed by atoms with Gasteiger partial charge in [-0.15, -0.1) is 11.3 Å². The lowest BCUT2D eigenvalue weighted by Gasteiger charge is -2.04. The largest absolute Gasteiger partial charge is 0.342 e. The van der Waals surface area contributed by atoms with Crippen molar-refractivity contribution in [2.45, 2.75) is 20.4 Å². The predicted molar refractivity (Wildman–Crippen MR) is 70.5 cm³/mol. The van der Waals surface area contributed by atoms with Gasteiger partial charge in [0.05, 0.1) is 17.2 Å². The van der Waals surface area contributed by atoms with Crippen molar-refractivity contribution in [2.24, 2.45) is 0 Å². The van der Waals surface area contributed by atoms with Crippen molar-refractivity contribution in [3.05, 3.63) is 40.4 Å². The monoisotopic (exact) mass is 259 g/mol. The van der Waals surface area contributed by atoms with Crippen LogP contribution in [-0.2, 0) is 6.54 Å². The highest BCUT2D eigenvalue weighted by Crippen LogP contribution is 2.21. The van der Waals surface area contributed by atoms with E-state index in [4.69, 9.17) is 0 Å². The Morgan fingerprint density at radius 1 is 1.28 bits per heavy atom. The van der Waals surface area contributed by atoms with E-state index in [2.05, 4.69) is 24.5 Å². The average Bonchev–Trinajstić information content (AvgIpc) is 3.01. The molecule has 0 aliphatic carbocycles. The first-order valence-electron chi connectivity index (χ1n) is 5.68. The highest BCUT2D eigenvalue weighted by molar-refractivity contribution is 7.11. The first-order valence-corrected chi connectivity index (χ1v) is 6.49. The van der Waals surface area contributed by atoms with Crippen molar-refractivity contribution in [1.82, 2.24) is 24.5 Å². The molecule has 18 heavy (non-hydrogen) atoms. The number of nitrogens with zero attached hydrogens (tertiary/aromatic N) is 4. The van der Waals surface area contributed by atoms with Crippen molar-refractivity contribution >= 4 is 11.3 Å². The first-order chi connectivity index (χ1) is 8.74. The molecule has 0 spiro atoms. The molecule has 92 valence electrons. The van der Waals surface area contributed by atoms with Gasteiger partial charge < -0.3 is 9.55 Å². The molecule has 0 aliphatic heterocycles. The number of hydrogen-bond donors (Lipinski definition) is 1. The van der Waals surface area contributed by atoms with Crippen LogP contribution >= 0.6 is 11.3 Å². The minimum Gasteiger partial charge on any atom is -0.342 e. The van der Waals surface area contributed by atoms with Crippen LogP contribution in [0.1, 0.15) is 15.6 Å². The highest BCUT2D eigenvalue weighted by atomic mass is 32.1. The lowest BCUT2D eigenvalue weighted by atomic mass is 10.4. The lowest BCUT2D eigenvalue weighted by molar-refractivity contribution is 0.805. The number of aromatic nitrogens is 5. The van der Waals surface area contributed by atoms with Crippen LogP contribution in [0.3, 0.4) is 0 Å². The molecule has 3 rings (SSSR count). The Hall–Kier alpha value is -1.95. The molecular formula is C12H13N5S. The van der Waals surface area contributed by atoms with Crippen LogP contribution in [0.4, 0.5) is 0 Å². The zero-order chi connectivity index (χ0) is 12.5. The smallest absolute Gasteiger partial charge is 0.176 e. The zero-order valence-electron chi connectivity index (χ0n) is 10.2. The molecule has 3 heterocycles. The molecule has 0 bridgehead atoms. The summed E-state index contributed by atoms with van der Waals surface area (Å²) in [5.74, 6) is 1.64. The van der Waals surface area contributed by atoms with Gasteiger partial charge in [-0.3, -0.25) is 0 Å². The van der Waals surface area contributed by atoms with E-state index in [9.17, 15) is 0 Å². The fraction of sp³-hybridized carbons (Fsp3) is 0.250. The van der Waals surface area contributed by atoms with E-state index >= 15 is 0 Å². The molecular weight excluding hydrogens is 246 g/mol. The fourth-order valence-electron chi connectivity index (χ4n) is 1.92. The highest BCUT2D eigenvalue weighted by Gasteiger charge is 2.11. The van der Waals surface area contributed by atoms with Crippen LogP contribution in [0.2, 0.25) is 0 Å². The number of rotatable bonds is 3. The van der Waals surface area contributed by atoms with E-state index in [1.807, 2.05) is 20.0 Å². The van der Waals surface area contributed by atoms with E-state index < -0.39 is 0 Å². The second-order valence-corrected chi connectivity index (χ2v) is 5.35. The van der Waals surface area contributed by atoms with Crippen molar-refractivity contribution in [2.75, 3.05) is 0 Å². The summed E-state index contributed by atoms with van der Waals surface area (Å²) >= 11 is 1.73. The quantitative estimate of drug-likeness (QED) is 0.785. The average molecular weight is 259 g/mol. The molecule has 0 saturated carbocycles. The van der Waals surface area contributed by atoms with E-state index in [-0.39, 0.29) is 0 Å². The van der Waals surface area contributed by atoms with Gasteiger partial charge in [0.15, 0.2) is 11.6 Å². The van der Waals surface area contributed by atoms with Gasteiger partial charge >= 0.3 is 0 Å². The molecule has 0 saturated heterocycles. The molecule has 0 atom stereocenters. The third kappa shape index (κ3) is 1.95. The summed E-state index contributed by atoms with van der Waals surface area (Å²) in [5, 5.41) is 1.10. The third-order valence-corrected chi connectivity index (χ3v) is 3.80. The van der Waals surface area contributed by atoms with Crippen LogP contribution in [0.5, 0.6) is 0 Å². The molecule has 6 heteroatoms. The summed E-state index contributed by atoms with van der Waals surface area (Å²) in [5.41, 5.74) is 1.09. The molecule has 0 radical (unpaired) electrons. The molecule has 0 amide bonds. The standard InChI is InChI=1S/C12H13N5S/c1-8-10(18-9(2)16-8)7-17-6-5-15-12(17)11-13-3-4-14-11/h3-6H,7H2,1-2H3,(H,13,14). The Morgan fingerprint density at radius 2 is 2.17 bits per heavy atom. The van der Waals surface area contributed by atoms with Crippen molar-refractivity contribution < 1.29 is 0 Å². The summed E-state index contributed by atoms with van der Waals surface area (Å²) in [6, 6.07) is 0. The zero-order valence-corrected chi connectivity index (χ0v) is 11.0. The Labute approximate surface area is 109 Å². The van der Waals surface area contributed by atoms with Gasteiger partial charge in [0.25, 0.3) is 0 Å². The normalized spacial score (nSPS) is 11.0. The van der Waals surface area contributed by atoms with Crippen LogP contribution in [-0.4, -0.2) is 24.5 Å². The van der Waals surface area contributed by atoms with E-state index in [1.54, 1.807) is 29.9 Å². The number of thiazole rings is 1. The molecule has 3 aromatic rings. The predicted octanol–water partition coefficient (Wildman–Crippen LogP) is 2.39. The second-order valence-electron chi connectivity index (χ2n) is 4.06. The first kappa shape index (κ1) is 11.2. The lowest BCUT2D eigenvalue weighted by Crippen LogP contribution is -2.01. The van der Waals surface area contributed by atoms with E-state index in [0.717, 1.165) is 28.9 Å². The van der Waals surface area contributed by atoms with Crippen molar-refractivity contribution in [3.63, 3.8) is 0 Å². The van der Waals surface area contributed by atoms with Crippen molar-refractivity contribution in [3.8, 4) is 11.6 Å². The maximum absolute atomic E-state index is 4.45. The molecule has 1 N–H and O–H groups in total. The molecule has 0 fully saturated rings. The summed E-state index contributed by atoms with van der Waals surface area (Å²) < 4.78 is 2.08. The molecule has 5 nitrogen and oxygen atoms in total. The van der Waals surface area contributed by atoms with E-state index in [0.29, 0.717) is 0 Å². The minimum absolute atomic E-state index is 0.785. The summed E-state index contributed by atoms with van der Waals surface area (Å²) in [7, 11) is 0. The van der Waals surface area contributed by atoms with Crippen LogP contribution in [0, 0.1) is 13.8 Å². The number of imidazole rings is 2.